The molecule has 3 aliphatic rings. The highest BCUT2D eigenvalue weighted by Crippen LogP contribution is 2.50. The third-order valence-electron chi connectivity index (χ3n) is 7.03. The zero-order chi connectivity index (χ0) is 21.0. The average molecular weight is 409 g/mol. The molecule has 2 aromatic heterocycles. The number of amides is 1. The number of aromatic nitrogens is 2. The van der Waals surface area contributed by atoms with Crippen molar-refractivity contribution >= 4 is 11.9 Å². The molecule has 30 heavy (non-hydrogen) atoms. The van der Waals surface area contributed by atoms with Crippen molar-refractivity contribution in [2.45, 2.75) is 37.9 Å². The largest absolute Gasteiger partial charge is 0.481 e. The molecule has 1 amide bonds. The molecule has 2 N–H and O–H groups in total. The molecule has 1 saturated heterocycles. The molecule has 5 rings (SSSR count). The Labute approximate surface area is 172 Å². The Hall–Kier alpha value is -3.00. The van der Waals surface area contributed by atoms with E-state index in [0.29, 0.717) is 11.3 Å². The molecular weight excluding hydrogens is 386 g/mol. The zero-order valence-electron chi connectivity index (χ0n) is 16.3. The summed E-state index contributed by atoms with van der Waals surface area (Å²) in [6, 6.07) is 5.71. The second-order valence-corrected chi connectivity index (χ2v) is 8.42. The van der Waals surface area contributed by atoms with E-state index in [2.05, 4.69) is 4.98 Å². The van der Waals surface area contributed by atoms with Crippen LogP contribution in [0.1, 0.15) is 31.0 Å². The number of aliphatic hydroxyl groups excluding tert-OH is 1. The first-order valence-electron chi connectivity index (χ1n) is 10.3. The SMILES string of the molecule is O=C(O)[C@@H]1[C@@H](CO)[C@@H]2Cn3c(ccc(-c4ccncc4)c3=O)[C@H]1N2C(=O)C1CCC1. The number of carboxylic acids is 1. The van der Waals surface area contributed by atoms with E-state index < -0.39 is 29.9 Å². The first-order valence-corrected chi connectivity index (χ1v) is 10.3. The van der Waals surface area contributed by atoms with E-state index in [1.807, 2.05) is 0 Å². The molecule has 0 aromatic carbocycles. The van der Waals surface area contributed by atoms with E-state index in [9.17, 15) is 24.6 Å². The van der Waals surface area contributed by atoms with Crippen LogP contribution in [0.4, 0.5) is 0 Å². The van der Waals surface area contributed by atoms with Gasteiger partial charge in [-0.15, -0.1) is 0 Å². The Balaban J connectivity index is 1.65. The van der Waals surface area contributed by atoms with Gasteiger partial charge in [-0.25, -0.2) is 0 Å². The maximum Gasteiger partial charge on any atom is 0.309 e. The van der Waals surface area contributed by atoms with Crippen molar-refractivity contribution in [1.82, 2.24) is 14.5 Å². The van der Waals surface area contributed by atoms with Crippen LogP contribution in [0, 0.1) is 17.8 Å². The monoisotopic (exact) mass is 409 g/mol. The fourth-order valence-electron chi connectivity index (χ4n) is 5.31. The molecule has 1 aliphatic carbocycles. The van der Waals surface area contributed by atoms with E-state index in [1.54, 1.807) is 46.1 Å². The highest BCUT2D eigenvalue weighted by molar-refractivity contribution is 5.83. The third-order valence-corrected chi connectivity index (χ3v) is 7.03. The minimum Gasteiger partial charge on any atom is -0.481 e. The maximum absolute atomic E-state index is 13.3. The van der Waals surface area contributed by atoms with E-state index >= 15 is 0 Å². The number of aliphatic carboxylic acids is 1. The first kappa shape index (κ1) is 19.0. The van der Waals surface area contributed by atoms with Crippen LogP contribution < -0.4 is 5.56 Å². The summed E-state index contributed by atoms with van der Waals surface area (Å²) < 4.78 is 1.60. The van der Waals surface area contributed by atoms with Crippen molar-refractivity contribution in [3.05, 3.63) is 52.7 Å². The minimum atomic E-state index is -1.05. The van der Waals surface area contributed by atoms with Crippen LogP contribution in [0.2, 0.25) is 0 Å². The number of nitrogens with zero attached hydrogens (tertiary/aromatic N) is 3. The highest BCUT2D eigenvalue weighted by atomic mass is 16.4. The van der Waals surface area contributed by atoms with Gasteiger partial charge in [0.05, 0.1) is 18.0 Å². The number of pyridine rings is 2. The lowest BCUT2D eigenvalue weighted by Gasteiger charge is -2.41. The summed E-state index contributed by atoms with van der Waals surface area (Å²) in [5, 5.41) is 20.0. The smallest absolute Gasteiger partial charge is 0.309 e. The number of carbonyl (C=O) groups excluding carboxylic acids is 1. The number of hydrogen-bond acceptors (Lipinski definition) is 5. The van der Waals surface area contributed by atoms with Gasteiger partial charge in [0.2, 0.25) is 5.91 Å². The number of hydrogen-bond donors (Lipinski definition) is 2. The molecule has 8 nitrogen and oxygen atoms in total. The van der Waals surface area contributed by atoms with Gasteiger partial charge in [-0.3, -0.25) is 19.4 Å². The van der Waals surface area contributed by atoms with Crippen molar-refractivity contribution in [1.29, 1.82) is 0 Å². The fourth-order valence-corrected chi connectivity index (χ4v) is 5.31. The van der Waals surface area contributed by atoms with Gasteiger partial charge in [0.1, 0.15) is 0 Å². The van der Waals surface area contributed by atoms with Gasteiger partial charge in [0.25, 0.3) is 5.56 Å². The lowest BCUT2D eigenvalue weighted by molar-refractivity contribution is -0.146. The number of fused-ring (bicyclic) bond motifs is 4. The third kappa shape index (κ3) is 2.63. The minimum absolute atomic E-state index is 0.0460. The Bertz CT molecular complexity index is 1060. The molecule has 8 heteroatoms. The Kier molecular flexibility index (Phi) is 4.47. The van der Waals surface area contributed by atoms with Crippen molar-refractivity contribution in [3.63, 3.8) is 0 Å². The fraction of sp³-hybridized carbons (Fsp3) is 0.455. The molecule has 2 aliphatic heterocycles. The van der Waals surface area contributed by atoms with Crippen molar-refractivity contribution in [2.24, 2.45) is 17.8 Å². The van der Waals surface area contributed by atoms with Crippen LogP contribution in [-0.2, 0) is 16.1 Å². The van der Waals surface area contributed by atoms with Gasteiger partial charge in [-0.05, 0) is 42.7 Å². The van der Waals surface area contributed by atoms with Gasteiger partial charge in [0.15, 0.2) is 0 Å². The van der Waals surface area contributed by atoms with Crippen LogP contribution in [-0.4, -0.2) is 49.2 Å². The Morgan fingerprint density at radius 3 is 2.47 bits per heavy atom. The van der Waals surface area contributed by atoms with E-state index in [-0.39, 0.29) is 30.5 Å². The van der Waals surface area contributed by atoms with E-state index in [0.717, 1.165) is 24.8 Å². The molecule has 2 fully saturated rings. The van der Waals surface area contributed by atoms with Gasteiger partial charge >= 0.3 is 5.97 Å². The van der Waals surface area contributed by atoms with Crippen molar-refractivity contribution in [3.8, 4) is 11.1 Å². The Morgan fingerprint density at radius 2 is 1.87 bits per heavy atom. The topological polar surface area (TPSA) is 113 Å². The summed E-state index contributed by atoms with van der Waals surface area (Å²) in [4.78, 5) is 44.4. The van der Waals surface area contributed by atoms with Crippen LogP contribution in [0.5, 0.6) is 0 Å². The van der Waals surface area contributed by atoms with Crippen molar-refractivity contribution < 1.29 is 19.8 Å². The van der Waals surface area contributed by atoms with Crippen LogP contribution in [0.25, 0.3) is 11.1 Å². The number of carbonyl (C=O) groups is 2. The summed E-state index contributed by atoms with van der Waals surface area (Å²) in [6.07, 6.45) is 5.85. The van der Waals surface area contributed by atoms with Crippen LogP contribution >= 0.6 is 0 Å². The first-order chi connectivity index (χ1) is 14.5. The summed E-state index contributed by atoms with van der Waals surface area (Å²) in [5.74, 6) is -2.73. The van der Waals surface area contributed by atoms with Gasteiger partial charge < -0.3 is 19.7 Å². The number of rotatable bonds is 4. The molecule has 0 radical (unpaired) electrons. The van der Waals surface area contributed by atoms with Gasteiger partial charge in [-0.2, -0.15) is 0 Å². The number of carboxylic acid groups (broad SMARTS) is 1. The molecule has 156 valence electrons. The highest BCUT2D eigenvalue weighted by Gasteiger charge is 2.58. The predicted molar refractivity (Wildman–Crippen MR) is 106 cm³/mol. The predicted octanol–water partition coefficient (Wildman–Crippen LogP) is 1.29. The van der Waals surface area contributed by atoms with E-state index in [1.165, 1.54) is 0 Å². The molecule has 0 spiro atoms. The van der Waals surface area contributed by atoms with Crippen molar-refractivity contribution in [2.75, 3.05) is 6.61 Å². The van der Waals surface area contributed by atoms with E-state index in [4.69, 9.17) is 0 Å². The molecule has 2 aromatic rings. The Morgan fingerprint density at radius 1 is 1.13 bits per heavy atom. The standard InChI is InChI=1S/C22H23N3O5/c26-11-15-17-10-24-16(5-4-14(21(24)28)12-6-8-23-9-7-12)19(18(15)22(29)30)25(17)20(27)13-2-1-3-13/h4-9,13,15,17-19,26H,1-3,10-11H2,(H,29,30)/t15-,17-,18+,19+/m0/s1. The van der Waals surface area contributed by atoms with Crippen LogP contribution in [0.15, 0.2) is 41.5 Å². The summed E-state index contributed by atoms with van der Waals surface area (Å²) in [7, 11) is 0. The molecule has 2 bridgehead atoms. The number of aliphatic hydroxyl groups is 1. The quantitative estimate of drug-likeness (QED) is 0.787. The lowest BCUT2D eigenvalue weighted by Crippen LogP contribution is -2.51. The average Bonchev–Trinajstić information content (AvgIpc) is 2.95. The zero-order valence-corrected chi connectivity index (χ0v) is 16.3. The second kappa shape index (κ2) is 7.05. The molecular formula is C22H23N3O5. The van der Waals surface area contributed by atoms with Gasteiger partial charge in [0, 0.05) is 48.6 Å². The molecule has 4 heterocycles. The van der Waals surface area contributed by atoms with Gasteiger partial charge in [-0.1, -0.05) is 6.42 Å². The maximum atomic E-state index is 13.3. The second-order valence-electron chi connectivity index (χ2n) is 8.42. The summed E-state index contributed by atoms with van der Waals surface area (Å²) in [5.41, 5.74) is 1.56. The summed E-state index contributed by atoms with van der Waals surface area (Å²) >= 11 is 0. The molecule has 1 saturated carbocycles. The van der Waals surface area contributed by atoms with Crippen LogP contribution in [0.3, 0.4) is 0 Å². The molecule has 4 atom stereocenters. The summed E-state index contributed by atoms with van der Waals surface area (Å²) in [6.45, 7) is -0.149. The normalized spacial score (nSPS) is 27.4. The lowest BCUT2D eigenvalue weighted by atomic mass is 9.83. The molecule has 0 unspecified atom stereocenters.